The van der Waals surface area contributed by atoms with Gasteiger partial charge in [-0.2, -0.15) is 4.31 Å². The van der Waals surface area contributed by atoms with E-state index in [4.69, 9.17) is 16.3 Å². The highest BCUT2D eigenvalue weighted by molar-refractivity contribution is 7.88. The molecule has 0 saturated carbocycles. The molecule has 3 rings (SSSR count). The zero-order valence-corrected chi connectivity index (χ0v) is 15.6. The minimum absolute atomic E-state index is 0.00116. The first-order valence-electron chi connectivity index (χ1n) is 8.10. The molecule has 0 spiro atoms. The van der Waals surface area contributed by atoms with Crippen LogP contribution in [0.5, 0.6) is 5.75 Å². The highest BCUT2D eigenvalue weighted by Crippen LogP contribution is 2.29. The minimum atomic E-state index is -3.34. The van der Waals surface area contributed by atoms with E-state index in [2.05, 4.69) is 4.90 Å². The second-order valence-electron chi connectivity index (χ2n) is 5.94. The third kappa shape index (κ3) is 4.26. The van der Waals surface area contributed by atoms with Crippen molar-refractivity contribution < 1.29 is 13.2 Å². The molecule has 1 heterocycles. The third-order valence-corrected chi connectivity index (χ3v) is 6.42. The number of anilines is 1. The van der Waals surface area contributed by atoms with Gasteiger partial charge in [-0.15, -0.1) is 0 Å². The van der Waals surface area contributed by atoms with Gasteiger partial charge >= 0.3 is 0 Å². The molecule has 134 valence electrons. The first-order chi connectivity index (χ1) is 12.0. The standard InChI is InChI=1S/C18H21ClN2O3S/c1-24-18-5-3-2-4-17(18)20-10-12-21(13-11-20)25(22,23)14-15-6-8-16(19)9-7-15/h2-9H,10-14H2,1H3. The molecule has 1 aliphatic rings. The molecule has 1 fully saturated rings. The molecule has 0 radical (unpaired) electrons. The Hall–Kier alpha value is -1.76. The van der Waals surface area contributed by atoms with Crippen molar-refractivity contribution in [3.05, 3.63) is 59.1 Å². The van der Waals surface area contributed by atoms with E-state index in [-0.39, 0.29) is 5.75 Å². The molecular formula is C18H21ClN2O3S. The van der Waals surface area contributed by atoms with Gasteiger partial charge in [-0.1, -0.05) is 35.9 Å². The van der Waals surface area contributed by atoms with Gasteiger partial charge in [-0.3, -0.25) is 0 Å². The molecule has 7 heteroatoms. The maximum absolute atomic E-state index is 12.7. The molecule has 25 heavy (non-hydrogen) atoms. The van der Waals surface area contributed by atoms with Crippen LogP contribution in [0.4, 0.5) is 5.69 Å². The van der Waals surface area contributed by atoms with Crippen molar-refractivity contribution in [1.82, 2.24) is 4.31 Å². The van der Waals surface area contributed by atoms with Crippen LogP contribution in [0.1, 0.15) is 5.56 Å². The van der Waals surface area contributed by atoms with Gasteiger partial charge in [0.05, 0.1) is 18.6 Å². The Morgan fingerprint density at radius 3 is 2.28 bits per heavy atom. The average molecular weight is 381 g/mol. The molecule has 0 amide bonds. The Balaban J connectivity index is 1.66. The largest absolute Gasteiger partial charge is 0.495 e. The summed E-state index contributed by atoms with van der Waals surface area (Å²) in [6.45, 7) is 2.21. The number of halogens is 1. The Morgan fingerprint density at radius 2 is 1.64 bits per heavy atom. The quantitative estimate of drug-likeness (QED) is 0.800. The number of hydrogen-bond donors (Lipinski definition) is 0. The normalized spacial score (nSPS) is 16.0. The van der Waals surface area contributed by atoms with E-state index < -0.39 is 10.0 Å². The molecule has 0 N–H and O–H groups in total. The van der Waals surface area contributed by atoms with E-state index in [1.807, 2.05) is 24.3 Å². The predicted octanol–water partition coefficient (Wildman–Crippen LogP) is 3.00. The van der Waals surface area contributed by atoms with Crippen molar-refractivity contribution in [3.63, 3.8) is 0 Å². The van der Waals surface area contributed by atoms with Crippen LogP contribution >= 0.6 is 11.6 Å². The van der Waals surface area contributed by atoms with E-state index in [0.717, 1.165) is 17.0 Å². The molecule has 0 bridgehead atoms. The van der Waals surface area contributed by atoms with Crippen LogP contribution in [0.2, 0.25) is 5.02 Å². The lowest BCUT2D eigenvalue weighted by Crippen LogP contribution is -2.49. The summed E-state index contributed by atoms with van der Waals surface area (Å²) in [5.41, 5.74) is 1.75. The molecule has 5 nitrogen and oxygen atoms in total. The van der Waals surface area contributed by atoms with E-state index >= 15 is 0 Å². The van der Waals surface area contributed by atoms with Crippen LogP contribution in [0, 0.1) is 0 Å². The molecule has 0 aromatic heterocycles. The summed E-state index contributed by atoms with van der Waals surface area (Å²) in [5.74, 6) is 0.804. The molecule has 0 aliphatic carbocycles. The number of sulfonamides is 1. The lowest BCUT2D eigenvalue weighted by Gasteiger charge is -2.36. The second kappa shape index (κ2) is 7.64. The zero-order valence-electron chi connectivity index (χ0n) is 14.1. The average Bonchev–Trinajstić information content (AvgIpc) is 2.63. The van der Waals surface area contributed by atoms with E-state index in [0.29, 0.717) is 31.2 Å². The van der Waals surface area contributed by atoms with Gasteiger partial charge in [-0.05, 0) is 29.8 Å². The maximum atomic E-state index is 12.7. The first kappa shape index (κ1) is 18.0. The Labute approximate surface area is 153 Å². The molecule has 2 aromatic rings. The van der Waals surface area contributed by atoms with Crippen molar-refractivity contribution in [2.75, 3.05) is 38.2 Å². The molecule has 0 atom stereocenters. The van der Waals surface area contributed by atoms with Crippen LogP contribution in [-0.2, 0) is 15.8 Å². The minimum Gasteiger partial charge on any atom is -0.495 e. The number of piperazine rings is 1. The predicted molar refractivity (Wildman–Crippen MR) is 101 cm³/mol. The molecular weight excluding hydrogens is 360 g/mol. The van der Waals surface area contributed by atoms with Gasteiger partial charge in [0.2, 0.25) is 10.0 Å². The highest BCUT2D eigenvalue weighted by Gasteiger charge is 2.28. The van der Waals surface area contributed by atoms with Crippen LogP contribution < -0.4 is 9.64 Å². The van der Waals surface area contributed by atoms with E-state index in [1.165, 1.54) is 0 Å². The smallest absolute Gasteiger partial charge is 0.218 e. The molecule has 0 unspecified atom stereocenters. The van der Waals surface area contributed by atoms with Crippen LogP contribution in [0.15, 0.2) is 48.5 Å². The number of methoxy groups -OCH3 is 1. The number of para-hydroxylation sites is 2. The van der Waals surface area contributed by atoms with Crippen molar-refractivity contribution >= 4 is 27.3 Å². The summed E-state index contributed by atoms with van der Waals surface area (Å²) >= 11 is 5.85. The van der Waals surface area contributed by atoms with Gasteiger partial charge in [0.25, 0.3) is 0 Å². The fourth-order valence-electron chi connectivity index (χ4n) is 2.98. The zero-order chi connectivity index (χ0) is 17.9. The summed E-state index contributed by atoms with van der Waals surface area (Å²) in [7, 11) is -1.69. The Kier molecular flexibility index (Phi) is 5.51. The number of benzene rings is 2. The second-order valence-corrected chi connectivity index (χ2v) is 8.35. The van der Waals surface area contributed by atoms with Gasteiger partial charge in [0, 0.05) is 31.2 Å². The summed E-state index contributed by atoms with van der Waals surface area (Å²) < 4.78 is 32.3. The topological polar surface area (TPSA) is 49.9 Å². The van der Waals surface area contributed by atoms with Gasteiger partial charge in [0.1, 0.15) is 5.75 Å². The van der Waals surface area contributed by atoms with Crippen LogP contribution in [0.25, 0.3) is 0 Å². The van der Waals surface area contributed by atoms with Crippen molar-refractivity contribution in [3.8, 4) is 5.75 Å². The van der Waals surface area contributed by atoms with Crippen molar-refractivity contribution in [2.24, 2.45) is 0 Å². The Bertz CT molecular complexity index is 816. The SMILES string of the molecule is COc1ccccc1N1CCN(S(=O)(=O)Cc2ccc(Cl)cc2)CC1. The fraction of sp³-hybridized carbons (Fsp3) is 0.333. The summed E-state index contributed by atoms with van der Waals surface area (Å²) in [6, 6.07) is 14.7. The molecule has 1 aliphatic heterocycles. The molecule has 1 saturated heterocycles. The van der Waals surface area contributed by atoms with Gasteiger partial charge in [0.15, 0.2) is 0 Å². The summed E-state index contributed by atoms with van der Waals surface area (Å²) in [5, 5.41) is 0.603. The highest BCUT2D eigenvalue weighted by atomic mass is 35.5. The number of hydrogen-bond acceptors (Lipinski definition) is 4. The van der Waals surface area contributed by atoms with Crippen LogP contribution in [0.3, 0.4) is 0 Å². The summed E-state index contributed by atoms with van der Waals surface area (Å²) in [4.78, 5) is 2.16. The lowest BCUT2D eigenvalue weighted by atomic mass is 10.2. The maximum Gasteiger partial charge on any atom is 0.218 e. The number of rotatable bonds is 5. The summed E-state index contributed by atoms with van der Waals surface area (Å²) in [6.07, 6.45) is 0. The molecule has 2 aromatic carbocycles. The van der Waals surface area contributed by atoms with Gasteiger partial charge in [-0.25, -0.2) is 8.42 Å². The van der Waals surface area contributed by atoms with Gasteiger partial charge < -0.3 is 9.64 Å². The fourth-order valence-corrected chi connectivity index (χ4v) is 4.62. The van der Waals surface area contributed by atoms with Crippen LogP contribution in [-0.4, -0.2) is 46.0 Å². The van der Waals surface area contributed by atoms with E-state index in [9.17, 15) is 8.42 Å². The third-order valence-electron chi connectivity index (χ3n) is 4.32. The number of nitrogens with zero attached hydrogens (tertiary/aromatic N) is 2. The van der Waals surface area contributed by atoms with Crippen molar-refractivity contribution in [2.45, 2.75) is 5.75 Å². The van der Waals surface area contributed by atoms with Crippen molar-refractivity contribution in [1.29, 1.82) is 0 Å². The lowest BCUT2D eigenvalue weighted by molar-refractivity contribution is 0.378. The monoisotopic (exact) mass is 380 g/mol. The van der Waals surface area contributed by atoms with E-state index in [1.54, 1.807) is 35.7 Å². The number of ether oxygens (including phenoxy) is 1. The Morgan fingerprint density at radius 1 is 1.00 bits per heavy atom. The first-order valence-corrected chi connectivity index (χ1v) is 10.1.